The molecule has 1 aliphatic heterocycles. The second kappa shape index (κ2) is 9.48. The van der Waals surface area contributed by atoms with E-state index >= 15 is 0 Å². The molecule has 150 valence electrons. The molecule has 0 spiro atoms. The number of carbonyl (C=O) groups excluding carboxylic acids is 1. The van der Waals surface area contributed by atoms with E-state index in [0.29, 0.717) is 32.1 Å². The van der Waals surface area contributed by atoms with Crippen molar-refractivity contribution in [1.82, 2.24) is 10.2 Å². The minimum atomic E-state index is -0.472. The number of morpholine rings is 1. The summed E-state index contributed by atoms with van der Waals surface area (Å²) in [6, 6.07) is 4.64. The van der Waals surface area contributed by atoms with Crippen LogP contribution in [0.4, 0.5) is 4.39 Å². The fourth-order valence-electron chi connectivity index (χ4n) is 3.39. The first-order valence-corrected chi connectivity index (χ1v) is 9.67. The first-order valence-electron chi connectivity index (χ1n) is 9.67. The van der Waals surface area contributed by atoms with E-state index in [1.165, 1.54) is 12.1 Å². The van der Waals surface area contributed by atoms with Gasteiger partial charge in [-0.25, -0.2) is 4.39 Å². The number of hydrogen-bond acceptors (Lipinski definition) is 5. The molecule has 0 unspecified atom stereocenters. The fourth-order valence-corrected chi connectivity index (χ4v) is 3.39. The van der Waals surface area contributed by atoms with Crippen molar-refractivity contribution in [3.63, 3.8) is 0 Å². The third kappa shape index (κ3) is 5.40. The van der Waals surface area contributed by atoms with Crippen LogP contribution in [-0.2, 0) is 14.3 Å². The Labute approximate surface area is 160 Å². The highest BCUT2D eigenvalue weighted by atomic mass is 19.1. The van der Waals surface area contributed by atoms with Gasteiger partial charge in [0.2, 0.25) is 0 Å². The van der Waals surface area contributed by atoms with Gasteiger partial charge >= 0.3 is 0 Å². The number of rotatable bonds is 9. The van der Waals surface area contributed by atoms with Crippen LogP contribution < -0.4 is 10.1 Å². The van der Waals surface area contributed by atoms with Crippen LogP contribution in [0.2, 0.25) is 0 Å². The standard InChI is InChI=1S/C20H29FN2O4/c1-14(15-10-16(21)12-18(11-15)26-8-3-7-25-2)23(17-4-5-17)20(24)19-13-22-6-9-27-19/h10-12,14,17,19,22H,3-9,13H2,1-2H3/t14-,19-/m1/s1. The maximum Gasteiger partial charge on any atom is 0.253 e. The lowest BCUT2D eigenvalue weighted by Crippen LogP contribution is -2.50. The molecule has 1 aromatic carbocycles. The summed E-state index contributed by atoms with van der Waals surface area (Å²) in [6.07, 6.45) is 2.22. The number of methoxy groups -OCH3 is 1. The van der Waals surface area contributed by atoms with Gasteiger partial charge in [-0.05, 0) is 37.5 Å². The Balaban J connectivity index is 1.72. The van der Waals surface area contributed by atoms with Crippen molar-refractivity contribution in [2.24, 2.45) is 0 Å². The molecule has 6 nitrogen and oxygen atoms in total. The zero-order chi connectivity index (χ0) is 19.2. The van der Waals surface area contributed by atoms with Crippen LogP contribution in [0.3, 0.4) is 0 Å². The Morgan fingerprint density at radius 3 is 2.85 bits per heavy atom. The van der Waals surface area contributed by atoms with Gasteiger partial charge in [-0.1, -0.05) is 0 Å². The predicted octanol–water partition coefficient (Wildman–Crippen LogP) is 2.28. The van der Waals surface area contributed by atoms with Crippen LogP contribution in [0.25, 0.3) is 0 Å². The van der Waals surface area contributed by atoms with E-state index in [1.807, 2.05) is 17.9 Å². The molecule has 1 saturated carbocycles. The van der Waals surface area contributed by atoms with E-state index in [9.17, 15) is 9.18 Å². The highest BCUT2D eigenvalue weighted by Crippen LogP contribution is 2.36. The van der Waals surface area contributed by atoms with E-state index in [-0.39, 0.29) is 23.8 Å². The van der Waals surface area contributed by atoms with Crippen molar-refractivity contribution in [2.75, 3.05) is 40.0 Å². The summed E-state index contributed by atoms with van der Waals surface area (Å²) in [4.78, 5) is 14.9. The SMILES string of the molecule is COCCCOc1cc(F)cc([C@@H](C)N(C(=O)[C@H]2CNCCO2)C2CC2)c1. The molecule has 0 aromatic heterocycles. The van der Waals surface area contributed by atoms with Crippen LogP contribution in [0.1, 0.15) is 37.8 Å². The summed E-state index contributed by atoms with van der Waals surface area (Å²) < 4.78 is 30.5. The third-order valence-corrected chi connectivity index (χ3v) is 4.95. The van der Waals surface area contributed by atoms with E-state index < -0.39 is 6.10 Å². The zero-order valence-corrected chi connectivity index (χ0v) is 16.1. The molecule has 3 rings (SSSR count). The van der Waals surface area contributed by atoms with Gasteiger partial charge in [0.25, 0.3) is 5.91 Å². The molecular formula is C20H29FN2O4. The van der Waals surface area contributed by atoms with Gasteiger partial charge in [0, 0.05) is 45.3 Å². The highest BCUT2D eigenvalue weighted by Gasteiger charge is 2.40. The quantitative estimate of drug-likeness (QED) is 0.666. The molecule has 2 aliphatic rings. The second-order valence-electron chi connectivity index (χ2n) is 7.13. The summed E-state index contributed by atoms with van der Waals surface area (Å²) in [5.74, 6) is 0.0932. The van der Waals surface area contributed by atoms with E-state index in [2.05, 4.69) is 5.32 Å². The van der Waals surface area contributed by atoms with Crippen LogP contribution in [0.15, 0.2) is 18.2 Å². The number of hydrogen-bond donors (Lipinski definition) is 1. The minimum Gasteiger partial charge on any atom is -0.493 e. The second-order valence-corrected chi connectivity index (χ2v) is 7.13. The normalized spacial score (nSPS) is 20.9. The minimum absolute atomic E-state index is 0.0241. The Kier molecular flexibility index (Phi) is 7.04. The van der Waals surface area contributed by atoms with Gasteiger partial charge in [0.15, 0.2) is 0 Å². The van der Waals surface area contributed by atoms with Crippen LogP contribution in [-0.4, -0.2) is 63.0 Å². The number of halogens is 1. The Morgan fingerprint density at radius 1 is 1.37 bits per heavy atom. The topological polar surface area (TPSA) is 60.0 Å². The van der Waals surface area contributed by atoms with E-state index in [0.717, 1.165) is 31.4 Å². The zero-order valence-electron chi connectivity index (χ0n) is 16.1. The number of nitrogens with one attached hydrogen (secondary N) is 1. The molecule has 7 heteroatoms. The van der Waals surface area contributed by atoms with Crippen molar-refractivity contribution < 1.29 is 23.4 Å². The van der Waals surface area contributed by atoms with Crippen LogP contribution in [0, 0.1) is 5.82 Å². The maximum absolute atomic E-state index is 14.2. The molecule has 2 fully saturated rings. The average Bonchev–Trinajstić information content (AvgIpc) is 3.50. The van der Waals surface area contributed by atoms with Crippen molar-refractivity contribution in [3.05, 3.63) is 29.6 Å². The lowest BCUT2D eigenvalue weighted by Gasteiger charge is -2.34. The molecular weight excluding hydrogens is 351 g/mol. The van der Waals surface area contributed by atoms with Gasteiger partial charge in [0.1, 0.15) is 17.7 Å². The first kappa shape index (κ1) is 20.0. The summed E-state index contributed by atoms with van der Waals surface area (Å²) in [6.45, 7) is 4.80. The van der Waals surface area contributed by atoms with Crippen molar-refractivity contribution in [1.29, 1.82) is 0 Å². The van der Waals surface area contributed by atoms with Crippen LogP contribution >= 0.6 is 0 Å². The monoisotopic (exact) mass is 380 g/mol. The van der Waals surface area contributed by atoms with Gasteiger partial charge in [0.05, 0.1) is 19.3 Å². The summed E-state index contributed by atoms with van der Waals surface area (Å²) in [7, 11) is 1.64. The number of carbonyl (C=O) groups is 1. The van der Waals surface area contributed by atoms with Gasteiger partial charge in [-0.15, -0.1) is 0 Å². The molecule has 0 bridgehead atoms. The van der Waals surface area contributed by atoms with E-state index in [1.54, 1.807) is 7.11 Å². The highest BCUT2D eigenvalue weighted by molar-refractivity contribution is 5.82. The summed E-state index contributed by atoms with van der Waals surface area (Å²) in [5.41, 5.74) is 0.737. The number of benzene rings is 1. The number of amides is 1. The third-order valence-electron chi connectivity index (χ3n) is 4.95. The molecule has 1 saturated heterocycles. The lowest BCUT2D eigenvalue weighted by atomic mass is 10.0. The molecule has 2 atom stereocenters. The Hall–Kier alpha value is -1.70. The van der Waals surface area contributed by atoms with Crippen molar-refractivity contribution in [2.45, 2.75) is 44.4 Å². The van der Waals surface area contributed by atoms with E-state index in [4.69, 9.17) is 14.2 Å². The van der Waals surface area contributed by atoms with Gasteiger partial charge in [-0.2, -0.15) is 0 Å². The summed E-state index contributed by atoms with van der Waals surface area (Å²) >= 11 is 0. The molecule has 1 heterocycles. The molecule has 1 aromatic rings. The first-order chi connectivity index (χ1) is 13.1. The fraction of sp³-hybridized carbons (Fsp3) is 0.650. The smallest absolute Gasteiger partial charge is 0.253 e. The molecule has 1 aliphatic carbocycles. The average molecular weight is 380 g/mol. The molecule has 27 heavy (non-hydrogen) atoms. The van der Waals surface area contributed by atoms with Crippen molar-refractivity contribution >= 4 is 5.91 Å². The Morgan fingerprint density at radius 2 is 2.19 bits per heavy atom. The number of ether oxygens (including phenoxy) is 3. The predicted molar refractivity (Wildman–Crippen MR) is 99.3 cm³/mol. The molecule has 0 radical (unpaired) electrons. The van der Waals surface area contributed by atoms with Crippen molar-refractivity contribution in [3.8, 4) is 5.75 Å². The maximum atomic E-state index is 14.2. The number of nitrogens with zero attached hydrogens (tertiary/aromatic N) is 1. The van der Waals surface area contributed by atoms with Gasteiger partial charge < -0.3 is 24.4 Å². The van der Waals surface area contributed by atoms with Gasteiger partial charge in [-0.3, -0.25) is 4.79 Å². The summed E-state index contributed by atoms with van der Waals surface area (Å²) in [5, 5.41) is 3.20. The van der Waals surface area contributed by atoms with Crippen LogP contribution in [0.5, 0.6) is 5.75 Å². The largest absolute Gasteiger partial charge is 0.493 e. The molecule has 1 N–H and O–H groups in total. The Bertz CT molecular complexity index is 632. The lowest BCUT2D eigenvalue weighted by molar-refractivity contribution is -0.148. The molecule has 1 amide bonds.